The lowest BCUT2D eigenvalue weighted by atomic mass is 9.91. The first-order chi connectivity index (χ1) is 7.70. The lowest BCUT2D eigenvalue weighted by molar-refractivity contribution is 0.0963. The maximum Gasteiger partial charge on any atom is 0.0943 e. The number of rotatable bonds is 4. The Labute approximate surface area is 101 Å². The van der Waals surface area contributed by atoms with Crippen LogP contribution in [0.3, 0.4) is 0 Å². The first kappa shape index (κ1) is 12.0. The molecule has 1 fully saturated rings. The van der Waals surface area contributed by atoms with Crippen LogP contribution < -0.4 is 5.32 Å². The van der Waals surface area contributed by atoms with Crippen molar-refractivity contribution < 1.29 is 4.74 Å². The fourth-order valence-corrected chi connectivity index (χ4v) is 3.26. The Morgan fingerprint density at radius 2 is 2.50 bits per heavy atom. The number of nitrogens with one attached hydrogen (secondary N) is 1. The summed E-state index contributed by atoms with van der Waals surface area (Å²) < 4.78 is 5.63. The van der Waals surface area contributed by atoms with Crippen LogP contribution in [0.5, 0.6) is 0 Å². The summed E-state index contributed by atoms with van der Waals surface area (Å²) in [5, 5.41) is 6.77. The lowest BCUT2D eigenvalue weighted by Gasteiger charge is -2.24. The number of hydrogen-bond donors (Lipinski definition) is 1. The summed E-state index contributed by atoms with van der Waals surface area (Å²) in [7, 11) is 2.04. The number of aromatic nitrogens is 1. The largest absolute Gasteiger partial charge is 0.378 e. The SMILES string of the molecule is CNC(Cc1nc(C)cs1)C1CCOC1C. The molecule has 0 aromatic carbocycles. The average molecular weight is 240 g/mol. The molecule has 16 heavy (non-hydrogen) atoms. The van der Waals surface area contributed by atoms with Crippen molar-refractivity contribution in [3.8, 4) is 0 Å². The molecule has 0 radical (unpaired) electrons. The van der Waals surface area contributed by atoms with E-state index in [0.717, 1.165) is 25.1 Å². The van der Waals surface area contributed by atoms with Gasteiger partial charge in [0, 0.05) is 36.1 Å². The fourth-order valence-electron chi connectivity index (χ4n) is 2.43. The molecule has 0 bridgehead atoms. The van der Waals surface area contributed by atoms with E-state index in [2.05, 4.69) is 29.5 Å². The Morgan fingerprint density at radius 1 is 1.69 bits per heavy atom. The fraction of sp³-hybridized carbons (Fsp3) is 0.750. The zero-order valence-corrected chi connectivity index (χ0v) is 11.0. The smallest absolute Gasteiger partial charge is 0.0943 e. The van der Waals surface area contributed by atoms with Gasteiger partial charge in [-0.05, 0) is 27.3 Å². The van der Waals surface area contributed by atoms with E-state index in [1.165, 1.54) is 5.01 Å². The second kappa shape index (κ2) is 5.25. The van der Waals surface area contributed by atoms with E-state index in [-0.39, 0.29) is 0 Å². The van der Waals surface area contributed by atoms with Crippen molar-refractivity contribution in [2.24, 2.45) is 5.92 Å². The van der Waals surface area contributed by atoms with Gasteiger partial charge in [0.15, 0.2) is 0 Å². The van der Waals surface area contributed by atoms with E-state index in [1.807, 2.05) is 7.05 Å². The summed E-state index contributed by atoms with van der Waals surface area (Å²) in [6, 6.07) is 0.489. The Bertz CT molecular complexity index is 340. The highest BCUT2D eigenvalue weighted by Gasteiger charge is 2.31. The predicted molar refractivity (Wildman–Crippen MR) is 66.9 cm³/mol. The van der Waals surface area contributed by atoms with Crippen molar-refractivity contribution in [1.82, 2.24) is 10.3 Å². The molecule has 1 aliphatic heterocycles. The summed E-state index contributed by atoms with van der Waals surface area (Å²) in [5.74, 6) is 0.620. The highest BCUT2D eigenvalue weighted by Crippen LogP contribution is 2.26. The van der Waals surface area contributed by atoms with Crippen molar-refractivity contribution in [2.45, 2.75) is 38.8 Å². The average Bonchev–Trinajstić information content (AvgIpc) is 2.84. The van der Waals surface area contributed by atoms with Crippen LogP contribution in [0.25, 0.3) is 0 Å². The Kier molecular flexibility index (Phi) is 3.95. The summed E-state index contributed by atoms with van der Waals surface area (Å²) in [6.45, 7) is 5.13. The minimum absolute atomic E-state index is 0.374. The van der Waals surface area contributed by atoms with E-state index >= 15 is 0 Å². The van der Waals surface area contributed by atoms with Gasteiger partial charge in [-0.2, -0.15) is 0 Å². The topological polar surface area (TPSA) is 34.2 Å². The second-order valence-corrected chi connectivity index (χ2v) is 5.45. The molecule has 1 aromatic rings. The molecule has 3 unspecified atom stereocenters. The molecule has 2 heterocycles. The van der Waals surface area contributed by atoms with Crippen molar-refractivity contribution in [3.63, 3.8) is 0 Å². The van der Waals surface area contributed by atoms with Gasteiger partial charge < -0.3 is 10.1 Å². The molecule has 90 valence electrons. The number of hydrogen-bond acceptors (Lipinski definition) is 4. The molecule has 1 N–H and O–H groups in total. The second-order valence-electron chi connectivity index (χ2n) is 4.51. The number of aryl methyl sites for hydroxylation is 1. The van der Waals surface area contributed by atoms with Crippen molar-refractivity contribution in [3.05, 3.63) is 16.1 Å². The molecular formula is C12H20N2OS. The molecule has 0 aliphatic carbocycles. The predicted octanol–water partition coefficient (Wildman–Crippen LogP) is 2.01. The zero-order chi connectivity index (χ0) is 11.5. The third-order valence-corrected chi connectivity index (χ3v) is 4.37. The molecule has 1 saturated heterocycles. The third-order valence-electron chi connectivity index (χ3n) is 3.38. The number of nitrogens with zero attached hydrogens (tertiary/aromatic N) is 1. The monoisotopic (exact) mass is 240 g/mol. The zero-order valence-electron chi connectivity index (χ0n) is 10.2. The molecule has 0 spiro atoms. The molecule has 3 nitrogen and oxygen atoms in total. The van der Waals surface area contributed by atoms with Crippen LogP contribution in [0, 0.1) is 12.8 Å². The van der Waals surface area contributed by atoms with Crippen molar-refractivity contribution >= 4 is 11.3 Å². The summed E-state index contributed by atoms with van der Waals surface area (Å²) in [6.07, 6.45) is 2.56. The van der Waals surface area contributed by atoms with Crippen LogP contribution in [0.1, 0.15) is 24.0 Å². The molecule has 2 rings (SSSR count). The van der Waals surface area contributed by atoms with Crippen LogP contribution in [0.15, 0.2) is 5.38 Å². The summed E-state index contributed by atoms with van der Waals surface area (Å²) in [4.78, 5) is 4.53. The van der Waals surface area contributed by atoms with E-state index in [1.54, 1.807) is 11.3 Å². The van der Waals surface area contributed by atoms with Gasteiger partial charge in [-0.25, -0.2) is 4.98 Å². The van der Waals surface area contributed by atoms with Crippen LogP contribution in [-0.2, 0) is 11.2 Å². The molecular weight excluding hydrogens is 220 g/mol. The van der Waals surface area contributed by atoms with Crippen molar-refractivity contribution in [1.29, 1.82) is 0 Å². The molecule has 0 saturated carbocycles. The Hall–Kier alpha value is -0.450. The van der Waals surface area contributed by atoms with Crippen LogP contribution >= 0.6 is 11.3 Å². The summed E-state index contributed by atoms with van der Waals surface area (Å²) >= 11 is 1.76. The van der Waals surface area contributed by atoms with Gasteiger partial charge in [0.05, 0.1) is 11.1 Å². The van der Waals surface area contributed by atoms with Crippen LogP contribution in [0.4, 0.5) is 0 Å². The van der Waals surface area contributed by atoms with E-state index < -0.39 is 0 Å². The van der Waals surface area contributed by atoms with Gasteiger partial charge in [0.25, 0.3) is 0 Å². The molecule has 3 atom stereocenters. The molecule has 4 heteroatoms. The van der Waals surface area contributed by atoms with Gasteiger partial charge in [0.2, 0.25) is 0 Å². The lowest BCUT2D eigenvalue weighted by Crippen LogP contribution is -2.38. The molecule has 1 aliphatic rings. The quantitative estimate of drug-likeness (QED) is 0.874. The highest BCUT2D eigenvalue weighted by atomic mass is 32.1. The minimum atomic E-state index is 0.374. The maximum absolute atomic E-state index is 5.63. The normalized spacial score (nSPS) is 27.2. The van der Waals surface area contributed by atoms with Gasteiger partial charge in [0.1, 0.15) is 0 Å². The number of ether oxygens (including phenoxy) is 1. The Morgan fingerprint density at radius 3 is 3.00 bits per heavy atom. The number of likely N-dealkylation sites (N-methyl/N-ethyl adjacent to an activating group) is 1. The van der Waals surface area contributed by atoms with E-state index in [9.17, 15) is 0 Å². The van der Waals surface area contributed by atoms with Crippen LogP contribution in [-0.4, -0.2) is 30.8 Å². The van der Waals surface area contributed by atoms with Gasteiger partial charge in [-0.3, -0.25) is 0 Å². The van der Waals surface area contributed by atoms with E-state index in [0.29, 0.717) is 18.1 Å². The van der Waals surface area contributed by atoms with Gasteiger partial charge in [-0.1, -0.05) is 0 Å². The first-order valence-electron chi connectivity index (χ1n) is 5.90. The first-order valence-corrected chi connectivity index (χ1v) is 6.78. The van der Waals surface area contributed by atoms with E-state index in [4.69, 9.17) is 4.74 Å². The number of thiazole rings is 1. The van der Waals surface area contributed by atoms with Crippen LogP contribution in [0.2, 0.25) is 0 Å². The Balaban J connectivity index is 2.00. The van der Waals surface area contributed by atoms with Gasteiger partial charge in [-0.15, -0.1) is 11.3 Å². The third kappa shape index (κ3) is 2.62. The maximum atomic E-state index is 5.63. The summed E-state index contributed by atoms with van der Waals surface area (Å²) in [5.41, 5.74) is 1.13. The molecule has 1 aromatic heterocycles. The standard InChI is InChI=1S/C12H20N2OS/c1-8-7-16-12(14-8)6-11(13-3)10-4-5-15-9(10)2/h7,9-11,13H,4-6H2,1-3H3. The van der Waals surface area contributed by atoms with Crippen molar-refractivity contribution in [2.75, 3.05) is 13.7 Å². The highest BCUT2D eigenvalue weighted by molar-refractivity contribution is 7.09. The minimum Gasteiger partial charge on any atom is -0.378 e. The molecule has 0 amide bonds. The van der Waals surface area contributed by atoms with Gasteiger partial charge >= 0.3 is 0 Å².